The lowest BCUT2D eigenvalue weighted by Crippen LogP contribution is -2.18. The maximum atomic E-state index is 15.8. The SMILES string of the molecule is COc1cc(C(Nc2ccc(C(=N)N)cc2)c2nn(-c3ncccn3)c(=O)[nH]2)c(F)c2c1OCC2. The van der Waals surface area contributed by atoms with Crippen LogP contribution in [0.25, 0.3) is 5.95 Å². The van der Waals surface area contributed by atoms with Crippen LogP contribution in [0.3, 0.4) is 0 Å². The molecule has 178 valence electrons. The highest BCUT2D eigenvalue weighted by Crippen LogP contribution is 2.42. The molecule has 0 fully saturated rings. The molecular weight excluding hydrogens is 455 g/mol. The van der Waals surface area contributed by atoms with Crippen LogP contribution in [0, 0.1) is 11.2 Å². The fourth-order valence-electron chi connectivity index (χ4n) is 3.90. The van der Waals surface area contributed by atoms with Gasteiger partial charge in [0, 0.05) is 41.2 Å². The van der Waals surface area contributed by atoms with Crippen LogP contribution in [0.5, 0.6) is 11.5 Å². The molecule has 12 heteroatoms. The number of benzene rings is 2. The molecule has 1 aliphatic rings. The van der Waals surface area contributed by atoms with Crippen molar-refractivity contribution < 1.29 is 13.9 Å². The third-order valence-corrected chi connectivity index (χ3v) is 5.59. The summed E-state index contributed by atoms with van der Waals surface area (Å²) >= 11 is 0. The van der Waals surface area contributed by atoms with Crippen molar-refractivity contribution in [2.75, 3.05) is 19.0 Å². The van der Waals surface area contributed by atoms with Crippen molar-refractivity contribution in [1.29, 1.82) is 5.41 Å². The topological polar surface area (TPSA) is 157 Å². The van der Waals surface area contributed by atoms with Crippen molar-refractivity contribution in [2.45, 2.75) is 12.5 Å². The Balaban J connectivity index is 1.64. The fourth-order valence-corrected chi connectivity index (χ4v) is 3.90. The minimum atomic E-state index is -0.921. The van der Waals surface area contributed by atoms with E-state index < -0.39 is 17.5 Å². The van der Waals surface area contributed by atoms with E-state index in [2.05, 4.69) is 25.4 Å². The predicted octanol–water partition coefficient (Wildman–Crippen LogP) is 1.92. The maximum Gasteiger partial charge on any atom is 0.350 e. The predicted molar refractivity (Wildman–Crippen MR) is 125 cm³/mol. The Hall–Kier alpha value is -4.74. The summed E-state index contributed by atoms with van der Waals surface area (Å²) in [4.78, 5) is 23.5. The molecular formula is C23H21FN8O3. The molecule has 11 nitrogen and oxygen atoms in total. The highest BCUT2D eigenvalue weighted by Gasteiger charge is 2.31. The summed E-state index contributed by atoms with van der Waals surface area (Å²) in [6.07, 6.45) is 3.36. The summed E-state index contributed by atoms with van der Waals surface area (Å²) in [5.74, 6) is 0.398. The Morgan fingerprint density at radius 1 is 1.31 bits per heavy atom. The summed E-state index contributed by atoms with van der Waals surface area (Å²) in [5, 5.41) is 15.2. The monoisotopic (exact) mass is 476 g/mol. The number of ether oxygens (including phenoxy) is 2. The van der Waals surface area contributed by atoms with Crippen LogP contribution in [-0.2, 0) is 6.42 Å². The van der Waals surface area contributed by atoms with Gasteiger partial charge in [-0.25, -0.2) is 19.2 Å². The number of hydrogen-bond acceptors (Lipinski definition) is 8. The van der Waals surface area contributed by atoms with Gasteiger partial charge in [0.15, 0.2) is 17.3 Å². The fraction of sp³-hybridized carbons (Fsp3) is 0.174. The molecule has 4 aromatic rings. The summed E-state index contributed by atoms with van der Waals surface area (Å²) in [7, 11) is 1.48. The van der Waals surface area contributed by atoms with Gasteiger partial charge in [0.25, 0.3) is 5.95 Å². The van der Waals surface area contributed by atoms with Gasteiger partial charge in [-0.2, -0.15) is 0 Å². The molecule has 35 heavy (non-hydrogen) atoms. The number of rotatable bonds is 7. The van der Waals surface area contributed by atoms with Crippen molar-refractivity contribution >= 4 is 11.5 Å². The highest BCUT2D eigenvalue weighted by molar-refractivity contribution is 5.95. The second-order valence-electron chi connectivity index (χ2n) is 7.73. The number of hydrogen-bond donors (Lipinski definition) is 4. The van der Waals surface area contributed by atoms with Crippen molar-refractivity contribution in [3.05, 3.63) is 87.6 Å². The molecule has 0 aliphatic carbocycles. The molecule has 0 saturated carbocycles. The van der Waals surface area contributed by atoms with E-state index in [1.54, 1.807) is 30.3 Å². The van der Waals surface area contributed by atoms with Gasteiger partial charge in [-0.1, -0.05) is 0 Å². The van der Waals surface area contributed by atoms with E-state index in [4.69, 9.17) is 20.6 Å². The van der Waals surface area contributed by atoms with Crippen LogP contribution < -0.4 is 26.2 Å². The van der Waals surface area contributed by atoms with Gasteiger partial charge >= 0.3 is 5.69 Å². The number of aromatic amines is 1. The smallest absolute Gasteiger partial charge is 0.350 e. The third-order valence-electron chi connectivity index (χ3n) is 5.59. The third kappa shape index (κ3) is 4.05. The quantitative estimate of drug-likeness (QED) is 0.233. The number of H-pyrrole nitrogens is 1. The molecule has 0 radical (unpaired) electrons. The summed E-state index contributed by atoms with van der Waals surface area (Å²) in [5.41, 5.74) is 6.69. The van der Waals surface area contributed by atoms with Crippen molar-refractivity contribution in [2.24, 2.45) is 5.73 Å². The van der Waals surface area contributed by atoms with Crippen LogP contribution in [-0.4, -0.2) is 44.3 Å². The van der Waals surface area contributed by atoms with Crippen LogP contribution >= 0.6 is 0 Å². The Morgan fingerprint density at radius 2 is 2.06 bits per heavy atom. The van der Waals surface area contributed by atoms with Gasteiger partial charge in [0.1, 0.15) is 17.7 Å². The number of nitrogens with zero attached hydrogens (tertiary/aromatic N) is 4. The molecule has 0 spiro atoms. The van der Waals surface area contributed by atoms with Gasteiger partial charge in [0.05, 0.1) is 13.7 Å². The van der Waals surface area contributed by atoms with E-state index in [-0.39, 0.29) is 23.2 Å². The van der Waals surface area contributed by atoms with Gasteiger partial charge in [-0.3, -0.25) is 10.4 Å². The van der Waals surface area contributed by atoms with Gasteiger partial charge in [-0.05, 0) is 36.4 Å². The number of halogens is 1. The van der Waals surface area contributed by atoms with Gasteiger partial charge in [0.2, 0.25) is 0 Å². The average molecular weight is 476 g/mol. The highest BCUT2D eigenvalue weighted by atomic mass is 19.1. The first-order valence-electron chi connectivity index (χ1n) is 10.7. The summed E-state index contributed by atoms with van der Waals surface area (Å²) < 4.78 is 27.8. The molecule has 3 heterocycles. The van der Waals surface area contributed by atoms with Crippen molar-refractivity contribution in [1.82, 2.24) is 24.7 Å². The Bertz CT molecular complexity index is 1450. The maximum absolute atomic E-state index is 15.8. The minimum absolute atomic E-state index is 0.0740. The van der Waals surface area contributed by atoms with Crippen LogP contribution in [0.15, 0.2) is 53.6 Å². The largest absolute Gasteiger partial charge is 0.493 e. The number of nitrogen functional groups attached to an aromatic ring is 1. The molecule has 1 aliphatic heterocycles. The number of anilines is 1. The van der Waals surface area contributed by atoms with Crippen LogP contribution in [0.4, 0.5) is 10.1 Å². The number of methoxy groups -OCH3 is 1. The molecule has 2 aromatic carbocycles. The molecule has 0 saturated heterocycles. The number of fused-ring (bicyclic) bond motifs is 1. The van der Waals surface area contributed by atoms with Gasteiger partial charge < -0.3 is 20.5 Å². The van der Waals surface area contributed by atoms with Crippen molar-refractivity contribution in [3.63, 3.8) is 0 Å². The lowest BCUT2D eigenvalue weighted by Gasteiger charge is -2.21. The first-order chi connectivity index (χ1) is 17.0. The molecule has 5 N–H and O–H groups in total. The van der Waals surface area contributed by atoms with E-state index in [1.807, 2.05) is 0 Å². The second-order valence-corrected chi connectivity index (χ2v) is 7.73. The molecule has 1 unspecified atom stereocenters. The van der Waals surface area contributed by atoms with E-state index >= 15 is 4.39 Å². The first kappa shape index (κ1) is 22.1. The lowest BCUT2D eigenvalue weighted by atomic mass is 9.99. The second kappa shape index (κ2) is 8.89. The lowest BCUT2D eigenvalue weighted by molar-refractivity contribution is 0.325. The number of nitrogens with one attached hydrogen (secondary N) is 3. The van der Waals surface area contributed by atoms with Crippen LogP contribution in [0.2, 0.25) is 0 Å². The molecule has 0 bridgehead atoms. The normalized spacial score (nSPS) is 13.1. The number of amidine groups is 1. The van der Waals surface area contributed by atoms with E-state index in [0.29, 0.717) is 41.3 Å². The number of aromatic nitrogens is 5. The zero-order valence-electron chi connectivity index (χ0n) is 18.6. The minimum Gasteiger partial charge on any atom is -0.493 e. The standard InChI is InChI=1S/C23H21FN8O3/c1-34-16-11-15(17(24)14-7-10-35-19(14)16)18(29-13-5-3-12(4-6-13)20(25)26)21-30-23(33)32(31-21)22-27-8-2-9-28-22/h2-6,8-9,11,18,29H,7,10H2,1H3,(H3,25,26)(H,30,31,33). The van der Waals surface area contributed by atoms with E-state index in [1.165, 1.54) is 25.6 Å². The Morgan fingerprint density at radius 3 is 2.74 bits per heavy atom. The Kier molecular flexibility index (Phi) is 5.61. The zero-order chi connectivity index (χ0) is 24.5. The van der Waals surface area contributed by atoms with E-state index in [9.17, 15) is 4.79 Å². The molecule has 2 aromatic heterocycles. The zero-order valence-corrected chi connectivity index (χ0v) is 18.6. The van der Waals surface area contributed by atoms with E-state index in [0.717, 1.165) is 4.68 Å². The average Bonchev–Trinajstić information content (AvgIpc) is 3.51. The molecule has 5 rings (SSSR count). The van der Waals surface area contributed by atoms with Crippen LogP contribution in [0.1, 0.15) is 28.6 Å². The molecule has 1 atom stereocenters. The summed E-state index contributed by atoms with van der Waals surface area (Å²) in [6, 6.07) is 8.94. The Labute approximate surface area is 198 Å². The van der Waals surface area contributed by atoms with Gasteiger partial charge in [-0.15, -0.1) is 9.78 Å². The first-order valence-corrected chi connectivity index (χ1v) is 10.7. The molecule has 0 amide bonds. The number of nitrogens with two attached hydrogens (primary N) is 1. The van der Waals surface area contributed by atoms with Crippen molar-refractivity contribution in [3.8, 4) is 17.4 Å². The summed E-state index contributed by atoms with van der Waals surface area (Å²) in [6.45, 7) is 0.341.